The number of hydrogen-bond donors (Lipinski definition) is 1. The van der Waals surface area contributed by atoms with E-state index in [1.54, 1.807) is 17.8 Å². The first-order valence-electron chi connectivity index (χ1n) is 8.23. The number of nitrogens with one attached hydrogen (secondary N) is 1. The van der Waals surface area contributed by atoms with E-state index >= 15 is 0 Å². The molecular formula is C18H17N7O2. The highest BCUT2D eigenvalue weighted by Crippen LogP contribution is 2.22. The number of rotatable bonds is 4. The van der Waals surface area contributed by atoms with Gasteiger partial charge in [-0.2, -0.15) is 9.61 Å². The standard InChI is InChI=1S/C18H17N7O2/c1-11-20-21-16-9-8-15(22-25(11)16)12-4-6-13(7-5-12)19-17(26)14-10-24(2)23-18(14)27-3/h4-10H,1-3H3,(H,19,26). The minimum Gasteiger partial charge on any atom is -0.479 e. The van der Waals surface area contributed by atoms with Crippen LogP contribution in [-0.2, 0) is 7.05 Å². The fourth-order valence-electron chi connectivity index (χ4n) is 2.75. The average Bonchev–Trinajstić information content (AvgIpc) is 3.25. The molecule has 0 spiro atoms. The molecule has 1 aromatic carbocycles. The third-order valence-corrected chi connectivity index (χ3v) is 4.09. The van der Waals surface area contributed by atoms with Crippen LogP contribution in [-0.4, -0.2) is 42.6 Å². The smallest absolute Gasteiger partial charge is 0.262 e. The number of amides is 1. The Bertz CT molecular complexity index is 1130. The maximum absolute atomic E-state index is 12.4. The van der Waals surface area contributed by atoms with Crippen LogP contribution in [0.4, 0.5) is 5.69 Å². The Kier molecular flexibility index (Phi) is 4.03. The normalized spacial score (nSPS) is 10.9. The van der Waals surface area contributed by atoms with E-state index in [0.29, 0.717) is 16.9 Å². The van der Waals surface area contributed by atoms with Crippen molar-refractivity contribution in [3.63, 3.8) is 0 Å². The number of nitrogens with zero attached hydrogens (tertiary/aromatic N) is 6. The molecule has 9 nitrogen and oxygen atoms in total. The summed E-state index contributed by atoms with van der Waals surface area (Å²) in [5.74, 6) is 0.724. The molecule has 1 amide bonds. The van der Waals surface area contributed by atoms with Crippen LogP contribution in [0.2, 0.25) is 0 Å². The van der Waals surface area contributed by atoms with E-state index in [-0.39, 0.29) is 11.8 Å². The van der Waals surface area contributed by atoms with Crippen molar-refractivity contribution >= 4 is 17.2 Å². The van der Waals surface area contributed by atoms with Gasteiger partial charge in [0, 0.05) is 24.5 Å². The van der Waals surface area contributed by atoms with Crippen molar-refractivity contribution < 1.29 is 9.53 Å². The van der Waals surface area contributed by atoms with Gasteiger partial charge in [0.05, 0.1) is 12.8 Å². The van der Waals surface area contributed by atoms with Gasteiger partial charge in [-0.3, -0.25) is 9.48 Å². The van der Waals surface area contributed by atoms with E-state index in [1.165, 1.54) is 11.8 Å². The summed E-state index contributed by atoms with van der Waals surface area (Å²) in [6, 6.07) is 11.2. The number of aryl methyl sites for hydroxylation is 2. The molecule has 3 heterocycles. The predicted octanol–water partition coefficient (Wildman–Crippen LogP) is 2.09. The summed E-state index contributed by atoms with van der Waals surface area (Å²) in [4.78, 5) is 12.4. The van der Waals surface area contributed by atoms with E-state index in [2.05, 4.69) is 25.7 Å². The molecule has 1 N–H and O–H groups in total. The average molecular weight is 363 g/mol. The molecule has 0 aliphatic carbocycles. The van der Waals surface area contributed by atoms with Gasteiger partial charge in [-0.15, -0.1) is 15.3 Å². The van der Waals surface area contributed by atoms with Crippen molar-refractivity contribution in [2.75, 3.05) is 12.4 Å². The second-order valence-electron chi connectivity index (χ2n) is 5.99. The molecule has 0 radical (unpaired) electrons. The Hall–Kier alpha value is -3.75. The number of fused-ring (bicyclic) bond motifs is 1. The van der Waals surface area contributed by atoms with Gasteiger partial charge in [0.25, 0.3) is 5.91 Å². The first-order valence-corrected chi connectivity index (χ1v) is 8.23. The van der Waals surface area contributed by atoms with Crippen LogP contribution in [0.3, 0.4) is 0 Å². The third-order valence-electron chi connectivity index (χ3n) is 4.09. The molecule has 0 bridgehead atoms. The Morgan fingerprint density at radius 1 is 1.07 bits per heavy atom. The lowest BCUT2D eigenvalue weighted by atomic mass is 10.1. The lowest BCUT2D eigenvalue weighted by Gasteiger charge is -2.06. The van der Waals surface area contributed by atoms with Crippen molar-refractivity contribution in [2.45, 2.75) is 6.92 Å². The lowest BCUT2D eigenvalue weighted by Crippen LogP contribution is -2.12. The lowest BCUT2D eigenvalue weighted by molar-refractivity contribution is 0.102. The maximum Gasteiger partial charge on any atom is 0.262 e. The Labute approximate surface area is 154 Å². The van der Waals surface area contributed by atoms with Gasteiger partial charge >= 0.3 is 0 Å². The number of hydrogen-bond acceptors (Lipinski definition) is 6. The van der Waals surface area contributed by atoms with E-state index in [0.717, 1.165) is 17.1 Å². The van der Waals surface area contributed by atoms with Gasteiger partial charge in [0.1, 0.15) is 5.56 Å². The fraction of sp³-hybridized carbons (Fsp3) is 0.167. The number of carbonyl (C=O) groups excluding carboxylic acids is 1. The molecule has 0 aliphatic heterocycles. The SMILES string of the molecule is COc1nn(C)cc1C(=O)Nc1ccc(-c2ccc3nnc(C)n3n2)cc1. The highest BCUT2D eigenvalue weighted by atomic mass is 16.5. The zero-order valence-corrected chi connectivity index (χ0v) is 15.0. The van der Waals surface area contributed by atoms with E-state index < -0.39 is 0 Å². The molecule has 0 aliphatic rings. The van der Waals surface area contributed by atoms with Crippen LogP contribution in [0.5, 0.6) is 5.88 Å². The number of ether oxygens (including phenoxy) is 1. The van der Waals surface area contributed by atoms with Crippen molar-refractivity contribution in [2.24, 2.45) is 7.05 Å². The largest absolute Gasteiger partial charge is 0.479 e. The number of anilines is 1. The predicted molar refractivity (Wildman–Crippen MR) is 98.7 cm³/mol. The van der Waals surface area contributed by atoms with Gasteiger partial charge < -0.3 is 10.1 Å². The summed E-state index contributed by atoms with van der Waals surface area (Å²) in [5.41, 5.74) is 3.44. The summed E-state index contributed by atoms with van der Waals surface area (Å²) >= 11 is 0. The van der Waals surface area contributed by atoms with Crippen LogP contribution in [0, 0.1) is 6.92 Å². The summed E-state index contributed by atoms with van der Waals surface area (Å²) in [6.07, 6.45) is 1.61. The second kappa shape index (κ2) is 6.52. The summed E-state index contributed by atoms with van der Waals surface area (Å²) in [6.45, 7) is 1.85. The van der Waals surface area contributed by atoms with E-state index in [1.807, 2.05) is 43.3 Å². The van der Waals surface area contributed by atoms with Crippen LogP contribution in [0.25, 0.3) is 16.9 Å². The summed E-state index contributed by atoms with van der Waals surface area (Å²) < 4.78 is 8.35. The van der Waals surface area contributed by atoms with Gasteiger partial charge in [-0.1, -0.05) is 12.1 Å². The fourth-order valence-corrected chi connectivity index (χ4v) is 2.75. The van der Waals surface area contributed by atoms with Crippen LogP contribution >= 0.6 is 0 Å². The van der Waals surface area contributed by atoms with Crippen LogP contribution < -0.4 is 10.1 Å². The number of methoxy groups -OCH3 is 1. The maximum atomic E-state index is 12.4. The molecule has 0 fully saturated rings. The summed E-state index contributed by atoms with van der Waals surface area (Å²) in [7, 11) is 3.21. The third kappa shape index (κ3) is 3.10. The quantitative estimate of drug-likeness (QED) is 0.596. The van der Waals surface area contributed by atoms with Gasteiger partial charge in [0.15, 0.2) is 11.5 Å². The molecule has 4 rings (SSSR count). The van der Waals surface area contributed by atoms with Crippen LogP contribution in [0.15, 0.2) is 42.6 Å². The number of carbonyl (C=O) groups is 1. The van der Waals surface area contributed by atoms with Crippen LogP contribution in [0.1, 0.15) is 16.2 Å². The molecule has 0 saturated carbocycles. The van der Waals surface area contributed by atoms with Crippen molar-refractivity contribution in [3.05, 3.63) is 54.0 Å². The van der Waals surface area contributed by atoms with E-state index in [9.17, 15) is 4.79 Å². The Balaban J connectivity index is 1.56. The molecule has 3 aromatic heterocycles. The first kappa shape index (κ1) is 16.7. The molecular weight excluding hydrogens is 346 g/mol. The monoisotopic (exact) mass is 363 g/mol. The summed E-state index contributed by atoms with van der Waals surface area (Å²) in [5, 5.41) is 19.5. The number of benzene rings is 1. The van der Waals surface area contributed by atoms with Gasteiger partial charge in [-0.25, -0.2) is 0 Å². The molecule has 136 valence electrons. The zero-order valence-electron chi connectivity index (χ0n) is 15.0. The van der Waals surface area contributed by atoms with Crippen molar-refractivity contribution in [3.8, 4) is 17.1 Å². The Morgan fingerprint density at radius 3 is 2.59 bits per heavy atom. The van der Waals surface area contributed by atoms with Gasteiger partial charge in [-0.05, 0) is 31.2 Å². The first-order chi connectivity index (χ1) is 13.0. The minimum absolute atomic E-state index is 0.285. The molecule has 0 unspecified atom stereocenters. The molecule has 27 heavy (non-hydrogen) atoms. The Morgan fingerprint density at radius 2 is 1.85 bits per heavy atom. The zero-order chi connectivity index (χ0) is 19.0. The molecule has 9 heteroatoms. The van der Waals surface area contributed by atoms with E-state index in [4.69, 9.17) is 4.74 Å². The molecule has 4 aromatic rings. The van der Waals surface area contributed by atoms with Crippen molar-refractivity contribution in [1.82, 2.24) is 29.6 Å². The van der Waals surface area contributed by atoms with Gasteiger partial charge in [0.2, 0.25) is 5.88 Å². The highest BCUT2D eigenvalue weighted by molar-refractivity contribution is 6.05. The minimum atomic E-state index is -0.285. The molecule has 0 atom stereocenters. The van der Waals surface area contributed by atoms with Crippen molar-refractivity contribution in [1.29, 1.82) is 0 Å². The molecule has 0 saturated heterocycles. The second-order valence-corrected chi connectivity index (χ2v) is 5.99. The topological polar surface area (TPSA) is 99.2 Å². The highest BCUT2D eigenvalue weighted by Gasteiger charge is 2.16. The number of aromatic nitrogens is 6.